The Morgan fingerprint density at radius 2 is 0.750 bits per heavy atom. The summed E-state index contributed by atoms with van der Waals surface area (Å²) >= 11 is 14.2. The summed E-state index contributed by atoms with van der Waals surface area (Å²) in [7, 11) is -3.54. The van der Waals surface area contributed by atoms with E-state index < -0.39 is 63.3 Å². The summed E-state index contributed by atoms with van der Waals surface area (Å²) in [6.45, 7) is 6.43. The van der Waals surface area contributed by atoms with E-state index in [0.29, 0.717) is 31.8 Å². The first kappa shape index (κ1) is 44.6. The SMILES string of the molecule is CCOC(=O)C(C)Oc1c(Cl)ccc(P(c2ccc(F)cc2)c2ccc(F)cc2)c1-c1c(P(c2ccc(F)cc2)c2ccc(F)cc2)ccc(Cl)c1O[C@@H](C)C(=O)OCC. The lowest BCUT2D eigenvalue weighted by Crippen LogP contribution is -2.31. The van der Waals surface area contributed by atoms with Gasteiger partial charge in [0.25, 0.3) is 0 Å². The maximum atomic E-state index is 14.6. The molecule has 6 rings (SSSR count). The molecular formula is C46H38Cl2F4O6P2. The van der Waals surface area contributed by atoms with E-state index in [4.69, 9.17) is 42.1 Å². The standard InChI is InChI=1S/C46H38Cl2F4O6P2/c1-5-55-45(53)27(3)57-43-37(47)23-25-39(59(33-15-7-29(49)8-16-33)34-17-9-30(50)10-18-34)41(43)42-40(26-24-38(48)44(42)58-28(4)46(54)56-6-2)60(35-19-11-31(51)12-20-35)36-21-13-32(52)14-22-36/h7-28H,5-6H2,1-4H3/t27-,28?/m0/s1. The molecule has 0 fully saturated rings. The molecule has 0 radical (unpaired) electrons. The highest BCUT2D eigenvalue weighted by Gasteiger charge is 2.34. The van der Waals surface area contributed by atoms with Gasteiger partial charge < -0.3 is 18.9 Å². The predicted molar refractivity (Wildman–Crippen MR) is 233 cm³/mol. The molecular weight excluding hydrogens is 857 g/mol. The molecule has 0 spiro atoms. The van der Waals surface area contributed by atoms with Gasteiger partial charge in [-0.3, -0.25) is 0 Å². The molecule has 14 heteroatoms. The van der Waals surface area contributed by atoms with E-state index in [1.54, 1.807) is 86.6 Å². The summed E-state index contributed by atoms with van der Waals surface area (Å²) in [5.74, 6) is -3.33. The third-order valence-corrected chi connectivity index (χ3v) is 14.6. The Bertz CT molecular complexity index is 2190. The van der Waals surface area contributed by atoms with E-state index >= 15 is 0 Å². The van der Waals surface area contributed by atoms with E-state index in [1.165, 1.54) is 62.4 Å². The van der Waals surface area contributed by atoms with Crippen molar-refractivity contribution >= 4 is 82.8 Å². The smallest absolute Gasteiger partial charge is 0.347 e. The van der Waals surface area contributed by atoms with Crippen LogP contribution in [0.3, 0.4) is 0 Å². The van der Waals surface area contributed by atoms with Gasteiger partial charge in [-0.15, -0.1) is 0 Å². The zero-order valence-corrected chi connectivity index (χ0v) is 36.0. The molecule has 0 saturated heterocycles. The quantitative estimate of drug-likeness (QED) is 0.0582. The van der Waals surface area contributed by atoms with Gasteiger partial charge in [0.2, 0.25) is 0 Å². The van der Waals surface area contributed by atoms with Crippen LogP contribution in [0.4, 0.5) is 17.6 Å². The minimum Gasteiger partial charge on any atom is -0.477 e. The van der Waals surface area contributed by atoms with E-state index in [9.17, 15) is 27.2 Å². The maximum absolute atomic E-state index is 14.6. The molecule has 0 aliphatic heterocycles. The van der Waals surface area contributed by atoms with Crippen LogP contribution in [-0.2, 0) is 19.1 Å². The highest BCUT2D eigenvalue weighted by Crippen LogP contribution is 2.51. The fraction of sp³-hybridized carbons (Fsp3) is 0.174. The number of hydrogen-bond acceptors (Lipinski definition) is 6. The van der Waals surface area contributed by atoms with Gasteiger partial charge in [-0.25, -0.2) is 27.2 Å². The van der Waals surface area contributed by atoms with Crippen molar-refractivity contribution in [2.75, 3.05) is 13.2 Å². The molecule has 0 aromatic heterocycles. The lowest BCUT2D eigenvalue weighted by molar-refractivity contribution is -0.151. The molecule has 0 bridgehead atoms. The number of hydrogen-bond donors (Lipinski definition) is 0. The molecule has 0 N–H and O–H groups in total. The number of carbonyl (C=O) groups is 2. The van der Waals surface area contributed by atoms with Gasteiger partial charge in [0.1, 0.15) is 34.8 Å². The van der Waals surface area contributed by atoms with Crippen molar-refractivity contribution in [1.29, 1.82) is 0 Å². The Morgan fingerprint density at radius 1 is 0.483 bits per heavy atom. The van der Waals surface area contributed by atoms with Crippen LogP contribution < -0.4 is 41.3 Å². The van der Waals surface area contributed by atoms with Crippen LogP contribution in [-0.4, -0.2) is 37.4 Å². The lowest BCUT2D eigenvalue weighted by atomic mass is 10.0. The number of carbonyl (C=O) groups excluding carboxylic acids is 2. The maximum Gasteiger partial charge on any atom is 0.347 e. The van der Waals surface area contributed by atoms with Crippen molar-refractivity contribution in [2.45, 2.75) is 39.9 Å². The van der Waals surface area contributed by atoms with Crippen LogP contribution in [0.25, 0.3) is 11.1 Å². The third kappa shape index (κ3) is 10.1. The fourth-order valence-electron chi connectivity index (χ4n) is 6.36. The first-order valence-corrected chi connectivity index (χ1v) is 22.2. The molecule has 0 aliphatic rings. The van der Waals surface area contributed by atoms with Crippen molar-refractivity contribution in [1.82, 2.24) is 0 Å². The van der Waals surface area contributed by atoms with Gasteiger partial charge in [-0.05, 0) is 136 Å². The number of halogens is 6. The molecule has 1 unspecified atom stereocenters. The van der Waals surface area contributed by atoms with Gasteiger partial charge >= 0.3 is 11.9 Å². The van der Waals surface area contributed by atoms with Gasteiger partial charge in [-0.2, -0.15) is 0 Å². The molecule has 0 saturated carbocycles. The highest BCUT2D eigenvalue weighted by atomic mass is 35.5. The van der Waals surface area contributed by atoms with Gasteiger partial charge in [0.05, 0.1) is 23.3 Å². The second-order valence-corrected chi connectivity index (χ2v) is 18.3. The van der Waals surface area contributed by atoms with Crippen molar-refractivity contribution in [3.8, 4) is 22.6 Å². The Kier molecular flexibility index (Phi) is 14.9. The average Bonchev–Trinajstić information content (AvgIpc) is 3.23. The summed E-state index contributed by atoms with van der Waals surface area (Å²) in [6, 6.07) is 30.1. The molecule has 6 aromatic carbocycles. The predicted octanol–water partition coefficient (Wildman–Crippen LogP) is 9.39. The van der Waals surface area contributed by atoms with Crippen molar-refractivity contribution in [3.05, 3.63) is 155 Å². The molecule has 60 heavy (non-hydrogen) atoms. The van der Waals surface area contributed by atoms with E-state index in [-0.39, 0.29) is 45.9 Å². The summed E-state index contributed by atoms with van der Waals surface area (Å²) in [5, 5.41) is 3.69. The third-order valence-electron chi connectivity index (χ3n) is 9.07. The van der Waals surface area contributed by atoms with Gasteiger partial charge in [0.15, 0.2) is 12.2 Å². The summed E-state index contributed by atoms with van der Waals surface area (Å²) < 4.78 is 81.9. The zero-order valence-electron chi connectivity index (χ0n) is 32.7. The molecule has 0 aliphatic carbocycles. The first-order chi connectivity index (χ1) is 28.8. The van der Waals surface area contributed by atoms with Crippen LogP contribution in [0.2, 0.25) is 10.0 Å². The highest BCUT2D eigenvalue weighted by molar-refractivity contribution is 7.80. The van der Waals surface area contributed by atoms with Gasteiger partial charge in [-0.1, -0.05) is 83.9 Å². The summed E-state index contributed by atoms with van der Waals surface area (Å²) in [6.07, 6.45) is -2.44. The van der Waals surface area contributed by atoms with Crippen LogP contribution in [0, 0.1) is 23.3 Å². The van der Waals surface area contributed by atoms with Crippen LogP contribution in [0.1, 0.15) is 27.7 Å². The van der Waals surface area contributed by atoms with E-state index in [0.717, 1.165) is 0 Å². The largest absolute Gasteiger partial charge is 0.477 e. The Morgan fingerprint density at radius 3 is 1.00 bits per heavy atom. The minimum atomic E-state index is -1.77. The second kappa shape index (κ2) is 20.1. The van der Waals surface area contributed by atoms with E-state index in [2.05, 4.69) is 0 Å². The lowest BCUT2D eigenvalue weighted by Gasteiger charge is -2.30. The summed E-state index contributed by atoms with van der Waals surface area (Å²) in [4.78, 5) is 26.4. The van der Waals surface area contributed by atoms with Crippen LogP contribution in [0.5, 0.6) is 11.5 Å². The monoisotopic (exact) mass is 894 g/mol. The zero-order chi connectivity index (χ0) is 43.1. The topological polar surface area (TPSA) is 71.1 Å². The minimum absolute atomic E-state index is 0.00300. The number of ether oxygens (including phenoxy) is 4. The second-order valence-electron chi connectivity index (χ2n) is 13.1. The van der Waals surface area contributed by atoms with Crippen LogP contribution in [0.15, 0.2) is 121 Å². The van der Waals surface area contributed by atoms with Gasteiger partial charge in [0, 0.05) is 11.1 Å². The van der Waals surface area contributed by atoms with Crippen molar-refractivity contribution in [3.63, 3.8) is 0 Å². The Balaban J connectivity index is 1.81. The number of rotatable bonds is 15. The molecule has 0 amide bonds. The van der Waals surface area contributed by atoms with Crippen molar-refractivity contribution in [2.24, 2.45) is 0 Å². The molecule has 310 valence electrons. The average molecular weight is 896 g/mol. The Hall–Kier alpha value is -4.98. The van der Waals surface area contributed by atoms with E-state index in [1.807, 2.05) is 0 Å². The molecule has 0 heterocycles. The summed E-state index contributed by atoms with van der Waals surface area (Å²) in [5.41, 5.74) is 0.525. The van der Waals surface area contributed by atoms with Crippen LogP contribution >= 0.6 is 39.0 Å². The van der Waals surface area contributed by atoms with Crippen molar-refractivity contribution < 1.29 is 46.1 Å². The molecule has 6 aromatic rings. The normalized spacial score (nSPS) is 12.3. The molecule has 6 nitrogen and oxygen atoms in total. The number of benzene rings is 6. The molecule has 2 atom stereocenters. The fourth-order valence-corrected chi connectivity index (χ4v) is 11.6. The number of esters is 2. The first-order valence-electron chi connectivity index (χ1n) is 18.8. The Labute approximate surface area is 357 Å².